The van der Waals surface area contributed by atoms with E-state index in [1.807, 2.05) is 55.5 Å². The first-order chi connectivity index (χ1) is 10.6. The number of carbonyl (C=O) groups is 1. The molecule has 22 heavy (non-hydrogen) atoms. The number of fused-ring (bicyclic) bond motifs is 1. The molecule has 0 spiro atoms. The Morgan fingerprint density at radius 1 is 1.18 bits per heavy atom. The van der Waals surface area contributed by atoms with Gasteiger partial charge in [-0.2, -0.15) is 0 Å². The molecule has 0 saturated heterocycles. The van der Waals surface area contributed by atoms with Crippen molar-refractivity contribution in [3.63, 3.8) is 0 Å². The lowest BCUT2D eigenvalue weighted by atomic mass is 10.2. The number of rotatable bonds is 5. The van der Waals surface area contributed by atoms with Crippen LogP contribution in [0.4, 0.5) is 0 Å². The van der Waals surface area contributed by atoms with Crippen LogP contribution in [-0.2, 0) is 17.9 Å². The number of nitrogens with two attached hydrogens (primary N) is 1. The number of imidazole rings is 1. The molecule has 112 valence electrons. The molecule has 3 aromatic rings. The third-order valence-corrected chi connectivity index (χ3v) is 3.50. The highest BCUT2D eigenvalue weighted by Crippen LogP contribution is 2.20. The van der Waals surface area contributed by atoms with Crippen molar-refractivity contribution in [2.45, 2.75) is 20.1 Å². The number of para-hydroxylation sites is 3. The van der Waals surface area contributed by atoms with Crippen LogP contribution >= 0.6 is 0 Å². The number of amides is 1. The highest BCUT2D eigenvalue weighted by atomic mass is 16.5. The molecule has 1 aromatic heterocycles. The number of nitrogens with zero attached hydrogens (tertiary/aromatic N) is 2. The van der Waals surface area contributed by atoms with E-state index < -0.39 is 5.91 Å². The standard InChI is InChI=1S/C17H17N3O2/c1-12-6-2-5-9-15(12)22-11-17-19-13-7-3-4-8-14(13)20(17)10-16(18)21/h2-9H,10-11H2,1H3,(H2,18,21). The van der Waals surface area contributed by atoms with Crippen molar-refractivity contribution in [3.05, 3.63) is 59.9 Å². The number of hydrogen-bond donors (Lipinski definition) is 1. The van der Waals surface area contributed by atoms with Gasteiger partial charge in [-0.25, -0.2) is 4.98 Å². The SMILES string of the molecule is Cc1ccccc1OCc1nc2ccccc2n1CC(N)=O. The second-order valence-electron chi connectivity index (χ2n) is 5.12. The summed E-state index contributed by atoms with van der Waals surface area (Å²) in [5.74, 6) is 1.09. The van der Waals surface area contributed by atoms with E-state index in [1.54, 1.807) is 4.57 Å². The molecule has 2 N–H and O–H groups in total. The fraction of sp³-hybridized carbons (Fsp3) is 0.176. The molecular formula is C17H17N3O2. The summed E-state index contributed by atoms with van der Waals surface area (Å²) >= 11 is 0. The van der Waals surface area contributed by atoms with E-state index in [2.05, 4.69) is 4.98 Å². The Morgan fingerprint density at radius 2 is 1.91 bits per heavy atom. The number of hydrogen-bond acceptors (Lipinski definition) is 3. The Balaban J connectivity index is 1.92. The summed E-state index contributed by atoms with van der Waals surface area (Å²) in [6, 6.07) is 15.4. The van der Waals surface area contributed by atoms with Crippen LogP contribution in [0.2, 0.25) is 0 Å². The lowest BCUT2D eigenvalue weighted by molar-refractivity contribution is -0.118. The normalized spacial score (nSPS) is 10.8. The van der Waals surface area contributed by atoms with Crippen LogP contribution in [0.15, 0.2) is 48.5 Å². The quantitative estimate of drug-likeness (QED) is 0.785. The molecule has 0 radical (unpaired) electrons. The first-order valence-electron chi connectivity index (χ1n) is 7.06. The Morgan fingerprint density at radius 3 is 2.68 bits per heavy atom. The Bertz CT molecular complexity index is 824. The predicted octanol–water partition coefficient (Wildman–Crippen LogP) is 2.41. The number of ether oxygens (including phenoxy) is 1. The first-order valence-corrected chi connectivity index (χ1v) is 7.06. The average Bonchev–Trinajstić information content (AvgIpc) is 2.84. The molecule has 0 atom stereocenters. The van der Waals surface area contributed by atoms with Crippen molar-refractivity contribution in [2.75, 3.05) is 0 Å². The third-order valence-electron chi connectivity index (χ3n) is 3.50. The molecule has 0 aliphatic rings. The minimum atomic E-state index is -0.403. The number of carbonyl (C=O) groups excluding carboxylic acids is 1. The summed E-state index contributed by atoms with van der Waals surface area (Å²) in [7, 11) is 0. The first kappa shape index (κ1) is 14.1. The van der Waals surface area contributed by atoms with Crippen molar-refractivity contribution in [3.8, 4) is 5.75 Å². The van der Waals surface area contributed by atoms with Crippen molar-refractivity contribution in [1.29, 1.82) is 0 Å². The smallest absolute Gasteiger partial charge is 0.237 e. The summed E-state index contributed by atoms with van der Waals surface area (Å²) < 4.78 is 7.64. The number of primary amides is 1. The molecule has 0 saturated carbocycles. The fourth-order valence-electron chi connectivity index (χ4n) is 2.43. The van der Waals surface area contributed by atoms with E-state index >= 15 is 0 Å². The lowest BCUT2D eigenvalue weighted by Crippen LogP contribution is -2.20. The van der Waals surface area contributed by atoms with Gasteiger partial charge in [0.25, 0.3) is 0 Å². The van der Waals surface area contributed by atoms with Gasteiger partial charge in [-0.05, 0) is 30.7 Å². The molecule has 0 aliphatic heterocycles. The minimum absolute atomic E-state index is 0.0903. The van der Waals surface area contributed by atoms with E-state index in [9.17, 15) is 4.79 Å². The number of aryl methyl sites for hydroxylation is 1. The van der Waals surface area contributed by atoms with E-state index in [-0.39, 0.29) is 13.2 Å². The van der Waals surface area contributed by atoms with Crippen molar-refractivity contribution in [2.24, 2.45) is 5.73 Å². The number of aromatic nitrogens is 2. The molecule has 0 unspecified atom stereocenters. The van der Waals surface area contributed by atoms with Crippen LogP contribution in [0.5, 0.6) is 5.75 Å². The molecule has 2 aromatic carbocycles. The van der Waals surface area contributed by atoms with E-state index in [4.69, 9.17) is 10.5 Å². The molecule has 3 rings (SSSR count). The maximum absolute atomic E-state index is 11.3. The summed E-state index contributed by atoms with van der Waals surface area (Å²) in [5, 5.41) is 0. The zero-order chi connectivity index (χ0) is 15.5. The van der Waals surface area contributed by atoms with Gasteiger partial charge in [0, 0.05) is 0 Å². The molecule has 0 fully saturated rings. The van der Waals surface area contributed by atoms with E-state index in [0.717, 1.165) is 22.3 Å². The minimum Gasteiger partial charge on any atom is -0.485 e. The zero-order valence-corrected chi connectivity index (χ0v) is 12.3. The van der Waals surface area contributed by atoms with Gasteiger partial charge >= 0.3 is 0 Å². The number of benzene rings is 2. The predicted molar refractivity (Wildman–Crippen MR) is 84.4 cm³/mol. The zero-order valence-electron chi connectivity index (χ0n) is 12.3. The summed E-state index contributed by atoms with van der Waals surface area (Å²) in [4.78, 5) is 15.9. The second-order valence-corrected chi connectivity index (χ2v) is 5.12. The van der Waals surface area contributed by atoms with E-state index in [1.165, 1.54) is 0 Å². The molecule has 0 aliphatic carbocycles. The van der Waals surface area contributed by atoms with Crippen molar-refractivity contribution < 1.29 is 9.53 Å². The van der Waals surface area contributed by atoms with Crippen LogP contribution in [0.3, 0.4) is 0 Å². The second kappa shape index (κ2) is 5.89. The third kappa shape index (κ3) is 2.79. The summed E-state index contributed by atoms with van der Waals surface area (Å²) in [6.45, 7) is 2.36. The maximum atomic E-state index is 11.3. The molecular weight excluding hydrogens is 278 g/mol. The van der Waals surface area contributed by atoms with Gasteiger partial charge < -0.3 is 15.0 Å². The topological polar surface area (TPSA) is 70.1 Å². The van der Waals surface area contributed by atoms with Gasteiger partial charge in [-0.15, -0.1) is 0 Å². The average molecular weight is 295 g/mol. The molecule has 5 nitrogen and oxygen atoms in total. The lowest BCUT2D eigenvalue weighted by Gasteiger charge is -2.10. The maximum Gasteiger partial charge on any atom is 0.237 e. The van der Waals surface area contributed by atoms with Crippen LogP contribution in [-0.4, -0.2) is 15.5 Å². The summed E-state index contributed by atoms with van der Waals surface area (Å²) in [6.07, 6.45) is 0. The highest BCUT2D eigenvalue weighted by molar-refractivity contribution is 5.80. The van der Waals surface area contributed by atoms with Crippen molar-refractivity contribution in [1.82, 2.24) is 9.55 Å². The molecule has 1 heterocycles. The fourth-order valence-corrected chi connectivity index (χ4v) is 2.43. The highest BCUT2D eigenvalue weighted by Gasteiger charge is 2.13. The Kier molecular flexibility index (Phi) is 3.78. The monoisotopic (exact) mass is 295 g/mol. The molecule has 1 amide bonds. The van der Waals surface area contributed by atoms with Gasteiger partial charge in [0.1, 0.15) is 24.7 Å². The van der Waals surface area contributed by atoms with Crippen LogP contribution < -0.4 is 10.5 Å². The summed E-state index contributed by atoms with van der Waals surface area (Å²) in [5.41, 5.74) is 8.11. The molecule has 5 heteroatoms. The molecule has 0 bridgehead atoms. The Labute approximate surface area is 128 Å². The Hall–Kier alpha value is -2.82. The largest absolute Gasteiger partial charge is 0.485 e. The van der Waals surface area contributed by atoms with Gasteiger partial charge in [0.2, 0.25) is 5.91 Å². The van der Waals surface area contributed by atoms with Gasteiger partial charge in [-0.3, -0.25) is 4.79 Å². The van der Waals surface area contributed by atoms with Crippen LogP contribution in [0.1, 0.15) is 11.4 Å². The van der Waals surface area contributed by atoms with Crippen molar-refractivity contribution >= 4 is 16.9 Å². The van der Waals surface area contributed by atoms with Crippen LogP contribution in [0.25, 0.3) is 11.0 Å². The van der Waals surface area contributed by atoms with E-state index in [0.29, 0.717) is 5.82 Å². The van der Waals surface area contributed by atoms with Gasteiger partial charge in [0.05, 0.1) is 11.0 Å². The van der Waals surface area contributed by atoms with Crippen LogP contribution in [0, 0.1) is 6.92 Å². The van der Waals surface area contributed by atoms with Gasteiger partial charge in [-0.1, -0.05) is 30.3 Å². The van der Waals surface area contributed by atoms with Gasteiger partial charge in [0.15, 0.2) is 0 Å².